The number of carboxylic acid groups (broad SMARTS) is 2. The molecule has 0 aromatic rings. The smallest absolute Gasteiger partial charge is 0.335 e. The van der Waals surface area contributed by atoms with Crippen LogP contribution in [-0.4, -0.2) is 63.8 Å². The predicted molar refractivity (Wildman–Crippen MR) is 50.7 cm³/mol. The molecule has 0 aromatic carbocycles. The summed E-state index contributed by atoms with van der Waals surface area (Å²) in [5.41, 5.74) is 5.35. The van der Waals surface area contributed by atoms with E-state index in [1.165, 1.54) is 0 Å². The second kappa shape index (κ2) is 6.38. The number of carbonyl (C=O) groups is 2. The first kappa shape index (κ1) is 14.8. The van der Waals surface area contributed by atoms with Gasteiger partial charge in [0.2, 0.25) is 0 Å². The van der Waals surface area contributed by atoms with Crippen LogP contribution in [0.2, 0.25) is 0 Å². The minimum absolute atomic E-state index is 0.343. The Morgan fingerprint density at radius 2 is 1.56 bits per heavy atom. The number of methoxy groups -OCH3 is 1. The second-order valence-electron chi connectivity index (χ2n) is 3.24. The van der Waals surface area contributed by atoms with Gasteiger partial charge in [0.1, 0.15) is 0 Å². The molecule has 0 saturated heterocycles. The van der Waals surface area contributed by atoms with Gasteiger partial charge in [-0.2, -0.15) is 0 Å². The first-order valence-corrected chi connectivity index (χ1v) is 4.41. The normalized spacial score (nSPS) is 26.0. The SMILES string of the molecule is CO[C@@H]1C[C@@H]1N.O=C(O)[C@@H](O)[C@H](O)C(=O)O. The van der Waals surface area contributed by atoms with E-state index in [1.807, 2.05) is 0 Å². The highest BCUT2D eigenvalue weighted by molar-refractivity contribution is 5.83. The fourth-order valence-electron chi connectivity index (χ4n) is 0.731. The Bertz CT molecular complexity index is 237. The van der Waals surface area contributed by atoms with Crippen LogP contribution in [0.3, 0.4) is 0 Å². The molecule has 0 aromatic heterocycles. The van der Waals surface area contributed by atoms with Crippen molar-refractivity contribution in [2.24, 2.45) is 5.73 Å². The average molecular weight is 237 g/mol. The van der Waals surface area contributed by atoms with Crippen LogP contribution >= 0.6 is 0 Å². The van der Waals surface area contributed by atoms with Gasteiger partial charge in [0, 0.05) is 13.2 Å². The molecule has 94 valence electrons. The van der Waals surface area contributed by atoms with Crippen molar-refractivity contribution in [1.29, 1.82) is 0 Å². The second-order valence-corrected chi connectivity index (χ2v) is 3.24. The van der Waals surface area contributed by atoms with E-state index >= 15 is 0 Å². The summed E-state index contributed by atoms with van der Waals surface area (Å²) in [7, 11) is 1.69. The zero-order chi connectivity index (χ0) is 12.9. The number of nitrogens with two attached hydrogens (primary N) is 1. The maximum atomic E-state index is 9.77. The standard InChI is InChI=1S/C4H9NO.C4H6O6/c1-6-4-2-3(4)5;5-1(3(7)8)2(6)4(9)10/h3-4H,2,5H2,1H3;1-2,5-6H,(H,7,8)(H,9,10)/t3-,4+;1-,2-/m00/s1. The average Bonchev–Trinajstić information content (AvgIpc) is 2.93. The van der Waals surface area contributed by atoms with Gasteiger partial charge in [-0.25, -0.2) is 9.59 Å². The summed E-state index contributed by atoms with van der Waals surface area (Å²) in [6.45, 7) is 0. The molecule has 1 aliphatic rings. The summed E-state index contributed by atoms with van der Waals surface area (Å²) >= 11 is 0. The number of hydrogen-bond acceptors (Lipinski definition) is 6. The molecule has 6 N–H and O–H groups in total. The number of aliphatic hydroxyl groups is 2. The largest absolute Gasteiger partial charge is 0.479 e. The van der Waals surface area contributed by atoms with E-state index in [0.29, 0.717) is 12.1 Å². The summed E-state index contributed by atoms with van der Waals surface area (Å²) in [4.78, 5) is 19.5. The molecule has 0 bridgehead atoms. The molecular formula is C8H15NO7. The number of aliphatic hydroxyl groups excluding tert-OH is 2. The zero-order valence-corrected chi connectivity index (χ0v) is 8.61. The highest BCUT2D eigenvalue weighted by atomic mass is 16.5. The molecule has 0 heterocycles. The predicted octanol–water partition coefficient (Wildman–Crippen LogP) is -2.39. The summed E-state index contributed by atoms with van der Waals surface area (Å²) < 4.78 is 4.85. The maximum Gasteiger partial charge on any atom is 0.335 e. The Labute approximate surface area is 91.2 Å². The van der Waals surface area contributed by atoms with Crippen LogP contribution in [0.15, 0.2) is 0 Å². The first-order valence-electron chi connectivity index (χ1n) is 4.41. The first-order chi connectivity index (χ1) is 7.31. The van der Waals surface area contributed by atoms with Crippen molar-refractivity contribution >= 4 is 11.9 Å². The van der Waals surface area contributed by atoms with Gasteiger partial charge in [-0.1, -0.05) is 0 Å². The van der Waals surface area contributed by atoms with Crippen LogP contribution in [0.4, 0.5) is 0 Å². The van der Waals surface area contributed by atoms with Crippen molar-refractivity contribution in [2.45, 2.75) is 30.8 Å². The molecule has 16 heavy (non-hydrogen) atoms. The fourth-order valence-corrected chi connectivity index (χ4v) is 0.731. The summed E-state index contributed by atoms with van der Waals surface area (Å²) in [6, 6.07) is 0.343. The Morgan fingerprint density at radius 1 is 1.25 bits per heavy atom. The van der Waals surface area contributed by atoms with Crippen LogP contribution in [-0.2, 0) is 14.3 Å². The number of hydrogen-bond donors (Lipinski definition) is 5. The lowest BCUT2D eigenvalue weighted by Crippen LogP contribution is -2.39. The summed E-state index contributed by atoms with van der Waals surface area (Å²) in [6.07, 6.45) is -3.10. The third kappa shape index (κ3) is 5.03. The molecule has 0 amide bonds. The van der Waals surface area contributed by atoms with Gasteiger partial charge < -0.3 is 30.9 Å². The van der Waals surface area contributed by atoms with Crippen molar-refractivity contribution in [3.05, 3.63) is 0 Å². The number of ether oxygens (including phenoxy) is 1. The van der Waals surface area contributed by atoms with Gasteiger partial charge in [0.15, 0.2) is 12.2 Å². The Hall–Kier alpha value is -1.22. The van der Waals surface area contributed by atoms with Crippen molar-refractivity contribution in [3.8, 4) is 0 Å². The Kier molecular flexibility index (Phi) is 5.89. The van der Waals surface area contributed by atoms with Gasteiger partial charge in [-0.05, 0) is 6.42 Å². The molecule has 4 atom stereocenters. The van der Waals surface area contributed by atoms with E-state index < -0.39 is 24.1 Å². The number of carboxylic acids is 2. The minimum Gasteiger partial charge on any atom is -0.479 e. The van der Waals surface area contributed by atoms with Crippen LogP contribution in [0.5, 0.6) is 0 Å². The lowest BCUT2D eigenvalue weighted by molar-refractivity contribution is -0.165. The highest BCUT2D eigenvalue weighted by Crippen LogP contribution is 2.20. The summed E-state index contributed by atoms with van der Waals surface area (Å²) in [5.74, 6) is -3.54. The van der Waals surface area contributed by atoms with Gasteiger partial charge in [0.25, 0.3) is 0 Å². The number of aliphatic carboxylic acids is 2. The molecule has 0 radical (unpaired) electrons. The maximum absolute atomic E-state index is 9.77. The molecule has 1 fully saturated rings. The lowest BCUT2D eigenvalue weighted by Gasteiger charge is -2.07. The lowest BCUT2D eigenvalue weighted by atomic mass is 10.2. The molecule has 1 saturated carbocycles. The van der Waals surface area contributed by atoms with Gasteiger partial charge in [-0.15, -0.1) is 0 Å². The zero-order valence-electron chi connectivity index (χ0n) is 8.61. The Morgan fingerprint density at radius 3 is 1.62 bits per heavy atom. The van der Waals surface area contributed by atoms with Crippen molar-refractivity contribution in [1.82, 2.24) is 0 Å². The third-order valence-electron chi connectivity index (χ3n) is 1.89. The molecule has 1 aliphatic carbocycles. The third-order valence-corrected chi connectivity index (χ3v) is 1.89. The van der Waals surface area contributed by atoms with Gasteiger partial charge in [-0.3, -0.25) is 0 Å². The molecule has 1 rings (SSSR count). The van der Waals surface area contributed by atoms with Crippen molar-refractivity contribution in [3.63, 3.8) is 0 Å². The monoisotopic (exact) mass is 237 g/mol. The summed E-state index contributed by atoms with van der Waals surface area (Å²) in [5, 5.41) is 32.5. The molecule has 0 aliphatic heterocycles. The van der Waals surface area contributed by atoms with Crippen molar-refractivity contribution < 1.29 is 34.8 Å². The van der Waals surface area contributed by atoms with E-state index in [9.17, 15) is 9.59 Å². The molecule has 0 unspecified atom stereocenters. The van der Waals surface area contributed by atoms with Crippen LogP contribution in [0.25, 0.3) is 0 Å². The topological polar surface area (TPSA) is 150 Å². The fraction of sp³-hybridized carbons (Fsp3) is 0.750. The number of rotatable bonds is 4. The molecule has 8 heteroatoms. The van der Waals surface area contributed by atoms with Crippen LogP contribution in [0.1, 0.15) is 6.42 Å². The quantitative estimate of drug-likeness (QED) is 0.363. The van der Waals surface area contributed by atoms with E-state index in [2.05, 4.69) is 0 Å². The Balaban J connectivity index is 0.000000315. The molecule has 0 spiro atoms. The van der Waals surface area contributed by atoms with Crippen LogP contribution in [0, 0.1) is 0 Å². The highest BCUT2D eigenvalue weighted by Gasteiger charge is 2.32. The molecule has 8 nitrogen and oxygen atoms in total. The van der Waals surface area contributed by atoms with Crippen molar-refractivity contribution in [2.75, 3.05) is 7.11 Å². The van der Waals surface area contributed by atoms with E-state index in [-0.39, 0.29) is 0 Å². The molecular weight excluding hydrogens is 222 g/mol. The van der Waals surface area contributed by atoms with Gasteiger partial charge in [0.05, 0.1) is 6.10 Å². The van der Waals surface area contributed by atoms with E-state index in [1.54, 1.807) is 7.11 Å². The minimum atomic E-state index is -2.27. The van der Waals surface area contributed by atoms with E-state index in [0.717, 1.165) is 6.42 Å². The van der Waals surface area contributed by atoms with E-state index in [4.69, 9.17) is 30.9 Å². The van der Waals surface area contributed by atoms with Gasteiger partial charge >= 0.3 is 11.9 Å². The van der Waals surface area contributed by atoms with Crippen LogP contribution < -0.4 is 5.73 Å².